The molecule has 2 saturated carbocycles. The van der Waals surface area contributed by atoms with E-state index < -0.39 is 0 Å². The van der Waals surface area contributed by atoms with E-state index in [2.05, 4.69) is 52.2 Å². The van der Waals surface area contributed by atoms with E-state index in [0.29, 0.717) is 0 Å². The molecule has 0 saturated heterocycles. The molecule has 6 unspecified atom stereocenters. The molecule has 2 heteroatoms. The smallest absolute Gasteiger partial charge is 0.0124 e. The summed E-state index contributed by atoms with van der Waals surface area (Å²) in [5, 5.41) is 7.88. The van der Waals surface area contributed by atoms with Gasteiger partial charge in [0.1, 0.15) is 0 Å². The lowest BCUT2D eigenvalue weighted by molar-refractivity contribution is 0.142. The summed E-state index contributed by atoms with van der Waals surface area (Å²) in [6.07, 6.45) is 8.50. The molecule has 0 heterocycles. The normalized spacial score (nSPS) is 38.0. The van der Waals surface area contributed by atoms with E-state index in [4.69, 9.17) is 0 Å². The summed E-state index contributed by atoms with van der Waals surface area (Å²) in [5.74, 6) is 5.02. The summed E-state index contributed by atoms with van der Waals surface area (Å²) in [7, 11) is 0. The van der Waals surface area contributed by atoms with Crippen molar-refractivity contribution in [3.63, 3.8) is 0 Å². The molecule has 0 amide bonds. The largest absolute Gasteiger partial charge is 0.312 e. The minimum atomic E-state index is 0.727. The Bertz CT molecular complexity index is 318. The van der Waals surface area contributed by atoms with Gasteiger partial charge < -0.3 is 10.6 Å². The highest BCUT2D eigenvalue weighted by Crippen LogP contribution is 2.35. The van der Waals surface area contributed by atoms with Gasteiger partial charge in [0, 0.05) is 25.2 Å². The van der Waals surface area contributed by atoms with E-state index in [9.17, 15) is 0 Å². The predicted octanol–water partition coefficient (Wildman–Crippen LogP) is 5.09. The van der Waals surface area contributed by atoms with Crippen LogP contribution in [0.4, 0.5) is 0 Å². The van der Waals surface area contributed by atoms with Crippen molar-refractivity contribution >= 4 is 0 Å². The highest BCUT2D eigenvalue weighted by molar-refractivity contribution is 4.89. The second-order valence-electron chi connectivity index (χ2n) is 9.59. The average molecular weight is 337 g/mol. The molecule has 2 aliphatic carbocycles. The number of rotatable bonds is 7. The lowest BCUT2D eigenvalue weighted by atomic mass is 9.72. The van der Waals surface area contributed by atoms with E-state index >= 15 is 0 Å². The molecule has 0 aromatic rings. The predicted molar refractivity (Wildman–Crippen MR) is 106 cm³/mol. The zero-order chi connectivity index (χ0) is 17.7. The molecule has 0 radical (unpaired) electrons. The lowest BCUT2D eigenvalue weighted by Gasteiger charge is -2.41. The third kappa shape index (κ3) is 5.21. The minimum Gasteiger partial charge on any atom is -0.312 e. The van der Waals surface area contributed by atoms with E-state index in [1.165, 1.54) is 38.5 Å². The van der Waals surface area contributed by atoms with Crippen LogP contribution in [0.3, 0.4) is 0 Å². The van der Waals surface area contributed by atoms with E-state index in [1.807, 2.05) is 0 Å². The summed E-state index contributed by atoms with van der Waals surface area (Å²) in [6, 6.07) is 1.45. The van der Waals surface area contributed by atoms with Crippen molar-refractivity contribution in [1.82, 2.24) is 10.6 Å². The van der Waals surface area contributed by atoms with Crippen LogP contribution in [0.1, 0.15) is 80.1 Å². The van der Waals surface area contributed by atoms with Crippen LogP contribution in [0, 0.1) is 35.5 Å². The Morgan fingerprint density at radius 2 is 1.04 bits per heavy atom. The zero-order valence-electron chi connectivity index (χ0n) is 17.3. The molecular formula is C22H44N2. The molecule has 0 spiro atoms. The van der Waals surface area contributed by atoms with Crippen molar-refractivity contribution in [1.29, 1.82) is 0 Å². The van der Waals surface area contributed by atoms with Crippen molar-refractivity contribution < 1.29 is 0 Å². The van der Waals surface area contributed by atoms with Gasteiger partial charge in [-0.2, -0.15) is 0 Å². The van der Waals surface area contributed by atoms with Crippen molar-refractivity contribution in [2.24, 2.45) is 35.5 Å². The second-order valence-corrected chi connectivity index (χ2v) is 9.59. The fourth-order valence-electron chi connectivity index (χ4n) is 5.59. The molecule has 2 rings (SSSR count). The highest BCUT2D eigenvalue weighted by atomic mass is 15.0. The van der Waals surface area contributed by atoms with Crippen LogP contribution in [0.15, 0.2) is 0 Å². The molecular weight excluding hydrogens is 292 g/mol. The van der Waals surface area contributed by atoms with E-state index in [1.54, 1.807) is 0 Å². The third-order valence-electron chi connectivity index (χ3n) is 7.14. The third-order valence-corrected chi connectivity index (χ3v) is 7.14. The van der Waals surface area contributed by atoms with Crippen molar-refractivity contribution in [3.8, 4) is 0 Å². The summed E-state index contributed by atoms with van der Waals surface area (Å²) >= 11 is 0. The first-order valence-corrected chi connectivity index (χ1v) is 10.9. The molecule has 142 valence electrons. The van der Waals surface area contributed by atoms with Gasteiger partial charge in [-0.15, -0.1) is 0 Å². The molecule has 0 aromatic carbocycles. The first-order chi connectivity index (χ1) is 11.4. The van der Waals surface area contributed by atoms with Crippen LogP contribution in [0.25, 0.3) is 0 Å². The molecule has 2 fully saturated rings. The SMILES string of the molecule is CC(C)C1CCCC(C)C1NCCNC1C(C)CCCC1C(C)C. The lowest BCUT2D eigenvalue weighted by Crippen LogP contribution is -2.51. The highest BCUT2D eigenvalue weighted by Gasteiger charge is 2.33. The fraction of sp³-hybridized carbons (Fsp3) is 1.00. The summed E-state index contributed by atoms with van der Waals surface area (Å²) < 4.78 is 0. The molecule has 6 atom stereocenters. The Kier molecular flexibility index (Phi) is 8.07. The summed E-state index contributed by atoms with van der Waals surface area (Å²) in [6.45, 7) is 16.8. The van der Waals surface area contributed by atoms with Gasteiger partial charge >= 0.3 is 0 Å². The van der Waals surface area contributed by atoms with Crippen molar-refractivity contribution in [2.45, 2.75) is 92.2 Å². The number of hydrogen-bond acceptors (Lipinski definition) is 2. The van der Waals surface area contributed by atoms with Crippen LogP contribution in [0.5, 0.6) is 0 Å². The molecule has 2 N–H and O–H groups in total. The first kappa shape index (κ1) is 20.2. The van der Waals surface area contributed by atoms with Gasteiger partial charge in [-0.3, -0.25) is 0 Å². The topological polar surface area (TPSA) is 24.1 Å². The quantitative estimate of drug-likeness (QED) is 0.633. The van der Waals surface area contributed by atoms with E-state index in [-0.39, 0.29) is 0 Å². The fourth-order valence-corrected chi connectivity index (χ4v) is 5.59. The first-order valence-electron chi connectivity index (χ1n) is 10.9. The van der Waals surface area contributed by atoms with Crippen molar-refractivity contribution in [2.75, 3.05) is 13.1 Å². The van der Waals surface area contributed by atoms with Gasteiger partial charge in [-0.05, 0) is 61.2 Å². The van der Waals surface area contributed by atoms with Gasteiger partial charge in [0.25, 0.3) is 0 Å². The van der Waals surface area contributed by atoms with Gasteiger partial charge in [0.05, 0.1) is 0 Å². The second kappa shape index (κ2) is 9.57. The molecule has 2 aliphatic rings. The maximum atomic E-state index is 3.94. The molecule has 24 heavy (non-hydrogen) atoms. The van der Waals surface area contributed by atoms with Crippen LogP contribution < -0.4 is 10.6 Å². The number of hydrogen-bond donors (Lipinski definition) is 2. The maximum Gasteiger partial charge on any atom is 0.0124 e. The van der Waals surface area contributed by atoms with Gasteiger partial charge in [-0.1, -0.05) is 54.4 Å². The molecule has 2 nitrogen and oxygen atoms in total. The summed E-state index contributed by atoms with van der Waals surface area (Å²) in [5.41, 5.74) is 0. The van der Waals surface area contributed by atoms with Gasteiger partial charge in [0.2, 0.25) is 0 Å². The minimum absolute atomic E-state index is 0.727. The Balaban J connectivity index is 1.80. The molecule has 0 aliphatic heterocycles. The van der Waals surface area contributed by atoms with Crippen LogP contribution >= 0.6 is 0 Å². The van der Waals surface area contributed by atoms with Crippen LogP contribution in [-0.4, -0.2) is 25.2 Å². The molecule has 0 aromatic heterocycles. The zero-order valence-corrected chi connectivity index (χ0v) is 17.3. The standard InChI is InChI=1S/C22H44N2/c1-15(2)19-11-7-9-17(5)21(19)23-13-14-24-22-18(6)10-8-12-20(22)16(3)4/h15-24H,7-14H2,1-6H3. The Morgan fingerprint density at radius 1 is 0.667 bits per heavy atom. The Hall–Kier alpha value is -0.0800. The Morgan fingerprint density at radius 3 is 1.38 bits per heavy atom. The number of nitrogens with one attached hydrogen (secondary N) is 2. The van der Waals surface area contributed by atoms with Gasteiger partial charge in [0.15, 0.2) is 0 Å². The Labute approximate surface area is 151 Å². The average Bonchev–Trinajstić information content (AvgIpc) is 2.53. The molecule has 0 bridgehead atoms. The van der Waals surface area contributed by atoms with Crippen LogP contribution in [0.2, 0.25) is 0 Å². The monoisotopic (exact) mass is 336 g/mol. The van der Waals surface area contributed by atoms with E-state index in [0.717, 1.165) is 60.7 Å². The van der Waals surface area contributed by atoms with Crippen molar-refractivity contribution in [3.05, 3.63) is 0 Å². The summed E-state index contributed by atoms with van der Waals surface area (Å²) in [4.78, 5) is 0. The maximum absolute atomic E-state index is 3.94. The van der Waals surface area contributed by atoms with Gasteiger partial charge in [-0.25, -0.2) is 0 Å². The van der Waals surface area contributed by atoms with Crippen LogP contribution in [-0.2, 0) is 0 Å².